The Morgan fingerprint density at radius 2 is 1.85 bits per heavy atom. The SMILES string of the molecule is CCNC(=NCCc1c(F)cccc1F)NC(C)C.I. The smallest absolute Gasteiger partial charge is 0.191 e. The summed E-state index contributed by atoms with van der Waals surface area (Å²) in [6, 6.07) is 4.14. The largest absolute Gasteiger partial charge is 0.357 e. The Kier molecular flexibility index (Phi) is 9.45. The molecule has 0 aliphatic heterocycles. The van der Waals surface area contributed by atoms with Crippen LogP contribution in [0.1, 0.15) is 26.3 Å². The van der Waals surface area contributed by atoms with Crippen molar-refractivity contribution in [2.75, 3.05) is 13.1 Å². The molecular weight excluding hydrogens is 375 g/mol. The minimum atomic E-state index is -0.517. The molecule has 0 bridgehead atoms. The van der Waals surface area contributed by atoms with Gasteiger partial charge in [0.2, 0.25) is 0 Å². The van der Waals surface area contributed by atoms with Crippen molar-refractivity contribution >= 4 is 29.9 Å². The summed E-state index contributed by atoms with van der Waals surface area (Å²) in [5.74, 6) is -0.372. The Labute approximate surface area is 136 Å². The molecule has 1 rings (SSSR count). The Morgan fingerprint density at radius 3 is 2.35 bits per heavy atom. The topological polar surface area (TPSA) is 36.4 Å². The van der Waals surface area contributed by atoms with E-state index >= 15 is 0 Å². The zero-order chi connectivity index (χ0) is 14.3. The average Bonchev–Trinajstić information content (AvgIpc) is 2.32. The van der Waals surface area contributed by atoms with Gasteiger partial charge in [-0.1, -0.05) is 6.07 Å². The van der Waals surface area contributed by atoms with Gasteiger partial charge < -0.3 is 10.6 Å². The Bertz CT molecular complexity index is 416. The van der Waals surface area contributed by atoms with Crippen molar-refractivity contribution in [1.29, 1.82) is 0 Å². The van der Waals surface area contributed by atoms with E-state index in [4.69, 9.17) is 0 Å². The van der Waals surface area contributed by atoms with Crippen LogP contribution in [-0.4, -0.2) is 25.1 Å². The summed E-state index contributed by atoms with van der Waals surface area (Å²) >= 11 is 0. The van der Waals surface area contributed by atoms with Gasteiger partial charge in [-0.15, -0.1) is 24.0 Å². The number of halogens is 3. The number of nitrogens with zero attached hydrogens (tertiary/aromatic N) is 1. The maximum atomic E-state index is 13.4. The third-order valence-corrected chi connectivity index (χ3v) is 2.46. The van der Waals surface area contributed by atoms with Gasteiger partial charge >= 0.3 is 0 Å². The van der Waals surface area contributed by atoms with Gasteiger partial charge in [0.1, 0.15) is 11.6 Å². The second kappa shape index (κ2) is 9.90. The first-order valence-corrected chi connectivity index (χ1v) is 6.52. The fraction of sp³-hybridized carbons (Fsp3) is 0.500. The molecule has 0 saturated heterocycles. The van der Waals surface area contributed by atoms with Crippen LogP contribution in [0, 0.1) is 11.6 Å². The molecule has 0 unspecified atom stereocenters. The van der Waals surface area contributed by atoms with Crippen LogP contribution in [0.25, 0.3) is 0 Å². The fourth-order valence-corrected chi connectivity index (χ4v) is 1.64. The van der Waals surface area contributed by atoms with Gasteiger partial charge in [0.15, 0.2) is 5.96 Å². The quantitative estimate of drug-likeness (QED) is 0.455. The van der Waals surface area contributed by atoms with Crippen molar-refractivity contribution in [1.82, 2.24) is 10.6 Å². The summed E-state index contributed by atoms with van der Waals surface area (Å²) in [5, 5.41) is 6.23. The second-order valence-corrected chi connectivity index (χ2v) is 4.51. The first-order valence-electron chi connectivity index (χ1n) is 6.52. The number of hydrogen-bond donors (Lipinski definition) is 2. The molecule has 0 radical (unpaired) electrons. The van der Waals surface area contributed by atoms with Crippen LogP contribution in [0.2, 0.25) is 0 Å². The summed E-state index contributed by atoms with van der Waals surface area (Å²) in [7, 11) is 0. The maximum absolute atomic E-state index is 13.4. The lowest BCUT2D eigenvalue weighted by Gasteiger charge is -2.14. The van der Waals surface area contributed by atoms with Crippen LogP contribution in [0.5, 0.6) is 0 Å². The van der Waals surface area contributed by atoms with E-state index in [9.17, 15) is 8.78 Å². The van der Waals surface area contributed by atoms with Crippen LogP contribution in [0.15, 0.2) is 23.2 Å². The van der Waals surface area contributed by atoms with Crippen molar-refractivity contribution in [3.8, 4) is 0 Å². The zero-order valence-corrected chi connectivity index (χ0v) is 14.4. The predicted octanol–water partition coefficient (Wildman–Crippen LogP) is 3.09. The Morgan fingerprint density at radius 1 is 1.25 bits per heavy atom. The monoisotopic (exact) mass is 397 g/mol. The lowest BCUT2D eigenvalue weighted by Crippen LogP contribution is -2.41. The zero-order valence-electron chi connectivity index (χ0n) is 12.0. The number of aliphatic imine (C=N–C) groups is 1. The summed E-state index contributed by atoms with van der Waals surface area (Å²) in [4.78, 5) is 4.29. The van der Waals surface area contributed by atoms with Crippen molar-refractivity contribution < 1.29 is 8.78 Å². The van der Waals surface area contributed by atoms with Gasteiger partial charge in [-0.25, -0.2) is 8.78 Å². The molecule has 0 fully saturated rings. The van der Waals surface area contributed by atoms with Crippen LogP contribution in [-0.2, 0) is 6.42 Å². The molecule has 0 aromatic heterocycles. The maximum Gasteiger partial charge on any atom is 0.191 e. The third kappa shape index (κ3) is 6.49. The number of benzene rings is 1. The highest BCUT2D eigenvalue weighted by atomic mass is 127. The second-order valence-electron chi connectivity index (χ2n) is 4.51. The highest BCUT2D eigenvalue weighted by Gasteiger charge is 2.07. The first kappa shape index (κ1) is 19.1. The van der Waals surface area contributed by atoms with E-state index in [0.29, 0.717) is 12.5 Å². The van der Waals surface area contributed by atoms with E-state index in [-0.39, 0.29) is 42.0 Å². The summed E-state index contributed by atoms with van der Waals surface area (Å²) in [5.41, 5.74) is 0.0895. The van der Waals surface area contributed by atoms with Gasteiger partial charge in [0.05, 0.1) is 0 Å². The van der Waals surface area contributed by atoms with Crippen LogP contribution in [0.4, 0.5) is 8.78 Å². The van der Waals surface area contributed by atoms with Crippen LogP contribution < -0.4 is 10.6 Å². The number of rotatable bonds is 5. The summed E-state index contributed by atoms with van der Waals surface area (Å²) in [6.45, 7) is 7.05. The van der Waals surface area contributed by atoms with Gasteiger partial charge in [0, 0.05) is 24.7 Å². The molecule has 6 heteroatoms. The minimum absolute atomic E-state index is 0. The average molecular weight is 397 g/mol. The number of guanidine groups is 1. The number of hydrogen-bond acceptors (Lipinski definition) is 1. The standard InChI is InChI=1S/C14H21F2N3.HI/c1-4-17-14(19-10(2)3)18-9-8-11-12(15)6-5-7-13(11)16;/h5-7,10H,4,8-9H2,1-3H3,(H2,17,18,19);1H. The normalized spacial score (nSPS) is 11.2. The molecule has 0 amide bonds. The molecular formula is C14H22F2IN3. The summed E-state index contributed by atoms with van der Waals surface area (Å²) in [6.07, 6.45) is 0.243. The molecule has 1 aromatic rings. The molecule has 2 N–H and O–H groups in total. The van der Waals surface area contributed by atoms with Crippen molar-refractivity contribution in [3.05, 3.63) is 35.4 Å². The highest BCUT2D eigenvalue weighted by Crippen LogP contribution is 2.12. The van der Waals surface area contributed by atoms with Crippen molar-refractivity contribution in [2.45, 2.75) is 33.2 Å². The van der Waals surface area contributed by atoms with E-state index in [1.54, 1.807) is 0 Å². The van der Waals surface area contributed by atoms with Crippen LogP contribution in [0.3, 0.4) is 0 Å². The lowest BCUT2D eigenvalue weighted by atomic mass is 10.1. The molecule has 114 valence electrons. The van der Waals surface area contributed by atoms with Crippen molar-refractivity contribution in [3.63, 3.8) is 0 Å². The van der Waals surface area contributed by atoms with E-state index in [1.807, 2.05) is 20.8 Å². The molecule has 0 heterocycles. The highest BCUT2D eigenvalue weighted by molar-refractivity contribution is 14.0. The Hall–Kier alpha value is -0.920. The minimum Gasteiger partial charge on any atom is -0.357 e. The first-order chi connectivity index (χ1) is 9.04. The van der Waals surface area contributed by atoms with Crippen LogP contribution >= 0.6 is 24.0 Å². The third-order valence-electron chi connectivity index (χ3n) is 2.46. The molecule has 3 nitrogen and oxygen atoms in total. The van der Waals surface area contributed by atoms with Gasteiger partial charge in [-0.05, 0) is 39.3 Å². The van der Waals surface area contributed by atoms with Crippen molar-refractivity contribution in [2.24, 2.45) is 4.99 Å². The van der Waals surface area contributed by atoms with Gasteiger partial charge in [-0.3, -0.25) is 4.99 Å². The summed E-state index contributed by atoms with van der Waals surface area (Å²) < 4.78 is 26.8. The number of nitrogens with one attached hydrogen (secondary N) is 2. The molecule has 0 spiro atoms. The van der Waals surface area contributed by atoms with E-state index in [1.165, 1.54) is 18.2 Å². The van der Waals surface area contributed by atoms with Gasteiger partial charge in [0.25, 0.3) is 0 Å². The Balaban J connectivity index is 0.00000361. The van der Waals surface area contributed by atoms with E-state index < -0.39 is 11.6 Å². The molecule has 0 atom stereocenters. The molecule has 20 heavy (non-hydrogen) atoms. The van der Waals surface area contributed by atoms with E-state index in [0.717, 1.165) is 6.54 Å². The lowest BCUT2D eigenvalue weighted by molar-refractivity contribution is 0.555. The predicted molar refractivity (Wildman–Crippen MR) is 89.7 cm³/mol. The molecule has 0 aliphatic rings. The molecule has 0 aliphatic carbocycles. The molecule has 1 aromatic carbocycles. The van der Waals surface area contributed by atoms with E-state index in [2.05, 4.69) is 15.6 Å². The van der Waals surface area contributed by atoms with Gasteiger partial charge in [-0.2, -0.15) is 0 Å². The molecule has 0 saturated carbocycles. The fourth-order valence-electron chi connectivity index (χ4n) is 1.64.